The van der Waals surface area contributed by atoms with Crippen molar-refractivity contribution in [2.45, 2.75) is 25.2 Å². The minimum absolute atomic E-state index is 0.0277. The van der Waals surface area contributed by atoms with Gasteiger partial charge in [-0.1, -0.05) is 24.6 Å². The van der Waals surface area contributed by atoms with Crippen LogP contribution in [0.15, 0.2) is 23.1 Å². The highest BCUT2D eigenvalue weighted by atomic mass is 35.5. The molecule has 21 heavy (non-hydrogen) atoms. The van der Waals surface area contributed by atoms with Crippen LogP contribution < -0.4 is 5.73 Å². The maximum absolute atomic E-state index is 12.7. The van der Waals surface area contributed by atoms with Crippen LogP contribution in [0.3, 0.4) is 0 Å². The molecule has 0 aliphatic heterocycles. The molecule has 0 aromatic heterocycles. The lowest BCUT2D eigenvalue weighted by Crippen LogP contribution is -2.37. The van der Waals surface area contributed by atoms with Gasteiger partial charge in [-0.15, -0.1) is 0 Å². The molecule has 0 saturated carbocycles. The average molecular weight is 335 g/mol. The van der Waals surface area contributed by atoms with E-state index in [1.54, 1.807) is 13.0 Å². The Morgan fingerprint density at radius 3 is 2.57 bits per heavy atom. The number of esters is 1. The highest BCUT2D eigenvalue weighted by Crippen LogP contribution is 2.29. The molecule has 0 unspecified atom stereocenters. The van der Waals surface area contributed by atoms with Crippen LogP contribution in [0, 0.1) is 0 Å². The fourth-order valence-electron chi connectivity index (χ4n) is 1.81. The van der Waals surface area contributed by atoms with E-state index in [1.807, 2.05) is 6.92 Å². The lowest BCUT2D eigenvalue weighted by atomic mass is 10.3. The third-order valence-corrected chi connectivity index (χ3v) is 5.07. The number of hydrogen-bond donors (Lipinski definition) is 1. The van der Waals surface area contributed by atoms with Gasteiger partial charge < -0.3 is 10.5 Å². The standard InChI is InChI=1S/C13H19ClN2O4S/c1-3-8-16(9-12(17)20-4-2)21(18,19)13-10(14)6-5-7-11(13)15/h5-7H,3-4,8-9,15H2,1-2H3. The first-order chi connectivity index (χ1) is 9.84. The predicted octanol–water partition coefficient (Wildman–Crippen LogP) is 1.89. The van der Waals surface area contributed by atoms with Crippen LogP contribution in [0.1, 0.15) is 20.3 Å². The topological polar surface area (TPSA) is 89.7 Å². The molecule has 0 atom stereocenters. The number of carbonyl (C=O) groups is 1. The number of nitrogens with zero attached hydrogens (tertiary/aromatic N) is 1. The van der Waals surface area contributed by atoms with Crippen LogP contribution in [0.25, 0.3) is 0 Å². The van der Waals surface area contributed by atoms with Crippen LogP contribution in [0.4, 0.5) is 5.69 Å². The van der Waals surface area contributed by atoms with Crippen molar-refractivity contribution >= 4 is 33.3 Å². The summed E-state index contributed by atoms with van der Waals surface area (Å²) in [6.45, 7) is 3.46. The van der Waals surface area contributed by atoms with E-state index in [2.05, 4.69) is 0 Å². The highest BCUT2D eigenvalue weighted by Gasteiger charge is 2.30. The molecule has 8 heteroatoms. The van der Waals surface area contributed by atoms with Crippen LogP contribution >= 0.6 is 11.6 Å². The molecular weight excluding hydrogens is 316 g/mol. The Morgan fingerprint density at radius 1 is 1.38 bits per heavy atom. The van der Waals surface area contributed by atoms with E-state index in [0.29, 0.717) is 6.42 Å². The molecule has 1 aromatic carbocycles. The highest BCUT2D eigenvalue weighted by molar-refractivity contribution is 7.89. The van der Waals surface area contributed by atoms with Crippen molar-refractivity contribution in [3.8, 4) is 0 Å². The minimum atomic E-state index is -3.96. The summed E-state index contributed by atoms with van der Waals surface area (Å²) in [6, 6.07) is 4.46. The zero-order chi connectivity index (χ0) is 16.0. The van der Waals surface area contributed by atoms with Gasteiger partial charge in [-0.2, -0.15) is 4.31 Å². The van der Waals surface area contributed by atoms with Gasteiger partial charge in [0.15, 0.2) is 0 Å². The number of benzene rings is 1. The molecule has 6 nitrogen and oxygen atoms in total. The second kappa shape index (κ2) is 7.63. The fraction of sp³-hybridized carbons (Fsp3) is 0.462. The summed E-state index contributed by atoms with van der Waals surface area (Å²) in [4.78, 5) is 11.4. The van der Waals surface area contributed by atoms with Gasteiger partial charge in [0, 0.05) is 6.54 Å². The zero-order valence-electron chi connectivity index (χ0n) is 12.0. The Balaban J connectivity index is 3.19. The summed E-state index contributed by atoms with van der Waals surface area (Å²) in [6.07, 6.45) is 0.545. The predicted molar refractivity (Wildman–Crippen MR) is 81.5 cm³/mol. The van der Waals surface area contributed by atoms with Crippen molar-refractivity contribution in [2.24, 2.45) is 0 Å². The monoisotopic (exact) mass is 334 g/mol. The Bertz CT molecular complexity index is 584. The number of ether oxygens (including phenoxy) is 1. The van der Waals surface area contributed by atoms with Crippen LogP contribution in [-0.4, -0.2) is 38.4 Å². The van der Waals surface area contributed by atoms with E-state index in [9.17, 15) is 13.2 Å². The molecular formula is C13H19ClN2O4S. The normalized spacial score (nSPS) is 11.6. The number of anilines is 1. The van der Waals surface area contributed by atoms with Crippen molar-refractivity contribution in [1.82, 2.24) is 4.31 Å². The smallest absolute Gasteiger partial charge is 0.321 e. The molecule has 0 saturated heterocycles. The summed E-state index contributed by atoms with van der Waals surface area (Å²) < 4.78 is 31.1. The third-order valence-electron chi connectivity index (χ3n) is 2.68. The first-order valence-corrected chi connectivity index (χ1v) is 8.36. The lowest BCUT2D eigenvalue weighted by Gasteiger charge is -2.22. The third kappa shape index (κ3) is 4.33. The Kier molecular flexibility index (Phi) is 6.44. The van der Waals surface area contributed by atoms with Gasteiger partial charge in [0.2, 0.25) is 10.0 Å². The van der Waals surface area contributed by atoms with E-state index in [1.165, 1.54) is 12.1 Å². The largest absolute Gasteiger partial charge is 0.465 e. The second-order valence-corrected chi connectivity index (χ2v) is 6.58. The van der Waals surface area contributed by atoms with Crippen LogP contribution in [0.2, 0.25) is 5.02 Å². The summed E-state index contributed by atoms with van der Waals surface area (Å²) in [5.74, 6) is -0.611. The number of nitrogen functional groups attached to an aromatic ring is 1. The van der Waals surface area contributed by atoms with E-state index < -0.39 is 16.0 Å². The molecule has 0 bridgehead atoms. The molecule has 0 fully saturated rings. The van der Waals surface area contributed by atoms with Crippen molar-refractivity contribution in [3.05, 3.63) is 23.2 Å². The van der Waals surface area contributed by atoms with E-state index >= 15 is 0 Å². The summed E-state index contributed by atoms with van der Waals surface area (Å²) >= 11 is 5.95. The second-order valence-electron chi connectivity index (χ2n) is 4.30. The zero-order valence-corrected chi connectivity index (χ0v) is 13.6. The van der Waals surface area contributed by atoms with Gasteiger partial charge in [0.05, 0.1) is 17.3 Å². The number of carbonyl (C=O) groups excluding carboxylic acids is 1. The van der Waals surface area contributed by atoms with Gasteiger partial charge in [-0.3, -0.25) is 4.79 Å². The van der Waals surface area contributed by atoms with Gasteiger partial charge >= 0.3 is 5.97 Å². The number of sulfonamides is 1. The summed E-state index contributed by atoms with van der Waals surface area (Å²) in [5.41, 5.74) is 5.77. The van der Waals surface area contributed by atoms with Crippen molar-refractivity contribution in [3.63, 3.8) is 0 Å². The molecule has 1 aromatic rings. The van der Waals surface area contributed by atoms with E-state index in [4.69, 9.17) is 22.1 Å². The van der Waals surface area contributed by atoms with Crippen LogP contribution in [-0.2, 0) is 19.6 Å². The Labute approximate surface area is 129 Å². The van der Waals surface area contributed by atoms with E-state index in [0.717, 1.165) is 4.31 Å². The maximum atomic E-state index is 12.7. The van der Waals surface area contributed by atoms with Gasteiger partial charge in [0.1, 0.15) is 11.4 Å². The van der Waals surface area contributed by atoms with Crippen molar-refractivity contribution in [1.29, 1.82) is 0 Å². The van der Waals surface area contributed by atoms with E-state index in [-0.39, 0.29) is 35.3 Å². The molecule has 0 aliphatic carbocycles. The molecule has 0 heterocycles. The minimum Gasteiger partial charge on any atom is -0.465 e. The summed E-state index contributed by atoms with van der Waals surface area (Å²) in [5, 5.41) is 0.0277. The van der Waals surface area contributed by atoms with Crippen LogP contribution in [0.5, 0.6) is 0 Å². The average Bonchev–Trinajstić information content (AvgIpc) is 2.38. The van der Waals surface area contributed by atoms with Gasteiger partial charge in [-0.05, 0) is 25.5 Å². The fourth-order valence-corrected chi connectivity index (χ4v) is 3.92. The molecule has 0 amide bonds. The van der Waals surface area contributed by atoms with Crippen molar-refractivity contribution < 1.29 is 17.9 Å². The maximum Gasteiger partial charge on any atom is 0.321 e. The Morgan fingerprint density at radius 2 is 2.05 bits per heavy atom. The molecule has 0 spiro atoms. The number of rotatable bonds is 7. The number of halogens is 1. The number of nitrogens with two attached hydrogens (primary N) is 1. The molecule has 2 N–H and O–H groups in total. The molecule has 0 aliphatic rings. The molecule has 118 valence electrons. The quantitative estimate of drug-likeness (QED) is 0.607. The first kappa shape index (κ1) is 17.7. The lowest BCUT2D eigenvalue weighted by molar-refractivity contribution is -0.143. The SMILES string of the molecule is CCCN(CC(=O)OCC)S(=O)(=O)c1c(N)cccc1Cl. The van der Waals surface area contributed by atoms with Gasteiger partial charge in [-0.25, -0.2) is 8.42 Å². The number of hydrogen-bond acceptors (Lipinski definition) is 5. The molecule has 1 rings (SSSR count). The van der Waals surface area contributed by atoms with Crippen molar-refractivity contribution in [2.75, 3.05) is 25.4 Å². The Hall–Kier alpha value is -1.31. The van der Waals surface area contributed by atoms with Gasteiger partial charge in [0.25, 0.3) is 0 Å². The first-order valence-electron chi connectivity index (χ1n) is 6.54. The summed E-state index contributed by atoms with van der Waals surface area (Å²) in [7, 11) is -3.96. The molecule has 0 radical (unpaired) electrons.